The van der Waals surface area contributed by atoms with Crippen LogP contribution in [-0.4, -0.2) is 17.6 Å². The van der Waals surface area contributed by atoms with Gasteiger partial charge in [0.15, 0.2) is 0 Å². The van der Waals surface area contributed by atoms with Crippen LogP contribution in [-0.2, 0) is 17.8 Å². The minimum absolute atomic E-state index is 0.181. The van der Waals surface area contributed by atoms with Crippen LogP contribution in [0.1, 0.15) is 28.3 Å². The molecule has 1 aromatic carbocycles. The number of aromatic nitrogens is 1. The van der Waals surface area contributed by atoms with E-state index in [4.69, 9.17) is 13.9 Å². The Labute approximate surface area is 160 Å². The molecular formula is C20H18BrNO4. The topological polar surface area (TPSA) is 61.6 Å². The average Bonchev–Trinajstić information content (AvgIpc) is 3.15. The molecule has 0 saturated carbocycles. The Morgan fingerprint density at radius 1 is 1.12 bits per heavy atom. The number of hydrogen-bond acceptors (Lipinski definition) is 5. The molecule has 0 fully saturated rings. The Morgan fingerprint density at radius 3 is 2.73 bits per heavy atom. The fraction of sp³-hybridized carbons (Fsp3) is 0.200. The summed E-state index contributed by atoms with van der Waals surface area (Å²) in [6.07, 6.45) is 5.09. The molecule has 5 nitrogen and oxygen atoms in total. The van der Waals surface area contributed by atoms with Crippen molar-refractivity contribution in [3.63, 3.8) is 0 Å². The molecule has 0 spiro atoms. The van der Waals surface area contributed by atoms with Crippen molar-refractivity contribution in [2.45, 2.75) is 19.4 Å². The van der Waals surface area contributed by atoms with Gasteiger partial charge in [0.05, 0.1) is 6.61 Å². The summed E-state index contributed by atoms with van der Waals surface area (Å²) >= 11 is 3.37. The Balaban J connectivity index is 1.41. The molecule has 3 rings (SSSR count). The Bertz CT molecular complexity index is 831. The van der Waals surface area contributed by atoms with E-state index in [2.05, 4.69) is 20.9 Å². The van der Waals surface area contributed by atoms with Gasteiger partial charge >= 0.3 is 5.97 Å². The van der Waals surface area contributed by atoms with E-state index in [-0.39, 0.29) is 12.4 Å². The summed E-state index contributed by atoms with van der Waals surface area (Å²) in [7, 11) is 0. The summed E-state index contributed by atoms with van der Waals surface area (Å²) in [6.45, 7) is 0.578. The van der Waals surface area contributed by atoms with Crippen molar-refractivity contribution >= 4 is 21.9 Å². The standard InChI is InChI=1S/C20H18BrNO4/c21-16-5-7-17(8-6-16)25-14-18-9-10-19(26-18)20(23)24-12-2-4-15-3-1-11-22-13-15/h1,3,5-11,13H,2,4,12,14H2. The van der Waals surface area contributed by atoms with Gasteiger partial charge in [0.25, 0.3) is 0 Å². The normalized spacial score (nSPS) is 10.5. The van der Waals surface area contributed by atoms with Gasteiger partial charge in [-0.15, -0.1) is 0 Å². The van der Waals surface area contributed by atoms with Crippen LogP contribution in [0.3, 0.4) is 0 Å². The first-order valence-corrected chi connectivity index (χ1v) is 9.03. The smallest absolute Gasteiger partial charge is 0.374 e. The SMILES string of the molecule is O=C(OCCCc1cccnc1)c1ccc(COc2ccc(Br)cc2)o1. The fourth-order valence-corrected chi connectivity index (χ4v) is 2.57. The maximum Gasteiger partial charge on any atom is 0.374 e. The monoisotopic (exact) mass is 415 g/mol. The highest BCUT2D eigenvalue weighted by Crippen LogP contribution is 2.18. The van der Waals surface area contributed by atoms with Crippen molar-refractivity contribution in [1.82, 2.24) is 4.98 Å². The van der Waals surface area contributed by atoms with E-state index in [1.807, 2.05) is 42.6 Å². The molecule has 0 saturated heterocycles. The minimum Gasteiger partial charge on any atom is -0.486 e. The summed E-state index contributed by atoms with van der Waals surface area (Å²) in [6, 6.07) is 14.7. The van der Waals surface area contributed by atoms with E-state index < -0.39 is 5.97 Å². The van der Waals surface area contributed by atoms with Gasteiger partial charge in [-0.2, -0.15) is 0 Å². The highest BCUT2D eigenvalue weighted by atomic mass is 79.9. The van der Waals surface area contributed by atoms with Gasteiger partial charge < -0.3 is 13.9 Å². The lowest BCUT2D eigenvalue weighted by molar-refractivity contribution is 0.0460. The molecule has 2 aromatic heterocycles. The molecular weight excluding hydrogens is 398 g/mol. The molecule has 0 bridgehead atoms. The van der Waals surface area contributed by atoms with Crippen molar-refractivity contribution in [3.05, 3.63) is 82.5 Å². The van der Waals surface area contributed by atoms with Crippen molar-refractivity contribution in [3.8, 4) is 5.75 Å². The number of aryl methyl sites for hydroxylation is 1. The Hall–Kier alpha value is -2.60. The molecule has 2 heterocycles. The predicted octanol–water partition coefficient (Wildman–Crippen LogP) is 4.81. The molecule has 0 aliphatic rings. The number of rotatable bonds is 8. The fourth-order valence-electron chi connectivity index (χ4n) is 2.31. The molecule has 0 aliphatic heterocycles. The number of carbonyl (C=O) groups is 1. The van der Waals surface area contributed by atoms with Gasteiger partial charge in [-0.3, -0.25) is 4.98 Å². The van der Waals surface area contributed by atoms with Crippen LogP contribution in [0.2, 0.25) is 0 Å². The molecule has 134 valence electrons. The number of hydrogen-bond donors (Lipinski definition) is 0. The van der Waals surface area contributed by atoms with E-state index in [0.717, 1.165) is 28.6 Å². The Morgan fingerprint density at radius 2 is 1.96 bits per heavy atom. The van der Waals surface area contributed by atoms with Gasteiger partial charge in [0.2, 0.25) is 5.76 Å². The van der Waals surface area contributed by atoms with Crippen molar-refractivity contribution in [1.29, 1.82) is 0 Å². The third-order valence-corrected chi connectivity index (χ3v) is 4.15. The maximum absolute atomic E-state index is 12.0. The van der Waals surface area contributed by atoms with E-state index in [1.54, 1.807) is 18.3 Å². The van der Waals surface area contributed by atoms with Gasteiger partial charge in [-0.1, -0.05) is 22.0 Å². The first kappa shape index (κ1) is 18.2. The molecule has 26 heavy (non-hydrogen) atoms. The minimum atomic E-state index is -0.467. The van der Waals surface area contributed by atoms with E-state index in [0.29, 0.717) is 12.4 Å². The van der Waals surface area contributed by atoms with Crippen LogP contribution >= 0.6 is 15.9 Å². The first-order chi connectivity index (χ1) is 12.7. The Kier molecular flexibility index (Phi) is 6.44. The second kappa shape index (κ2) is 9.20. The first-order valence-electron chi connectivity index (χ1n) is 8.24. The van der Waals surface area contributed by atoms with Crippen LogP contribution in [0.5, 0.6) is 5.75 Å². The summed E-state index contributed by atoms with van der Waals surface area (Å²) in [4.78, 5) is 16.1. The van der Waals surface area contributed by atoms with Crippen LogP contribution in [0.4, 0.5) is 0 Å². The molecule has 6 heteroatoms. The van der Waals surface area contributed by atoms with Crippen LogP contribution in [0.25, 0.3) is 0 Å². The lowest BCUT2D eigenvalue weighted by Crippen LogP contribution is -2.06. The zero-order valence-electron chi connectivity index (χ0n) is 14.1. The maximum atomic E-state index is 12.0. The summed E-state index contributed by atoms with van der Waals surface area (Å²) < 4.78 is 17.3. The van der Waals surface area contributed by atoms with Gasteiger partial charge in [-0.05, 0) is 60.9 Å². The molecule has 0 N–H and O–H groups in total. The second-order valence-electron chi connectivity index (χ2n) is 5.61. The summed E-state index contributed by atoms with van der Waals surface area (Å²) in [5.41, 5.74) is 1.12. The number of ether oxygens (including phenoxy) is 2. The number of pyridine rings is 1. The third kappa shape index (κ3) is 5.46. The third-order valence-electron chi connectivity index (χ3n) is 3.62. The largest absolute Gasteiger partial charge is 0.486 e. The van der Waals surface area contributed by atoms with E-state index in [1.165, 1.54) is 0 Å². The zero-order chi connectivity index (χ0) is 18.2. The lowest BCUT2D eigenvalue weighted by atomic mass is 10.2. The van der Waals surface area contributed by atoms with Gasteiger partial charge in [0, 0.05) is 16.9 Å². The van der Waals surface area contributed by atoms with E-state index in [9.17, 15) is 4.79 Å². The molecule has 0 unspecified atom stereocenters. The number of nitrogens with zero attached hydrogens (tertiary/aromatic N) is 1. The van der Waals surface area contributed by atoms with Crippen LogP contribution in [0.15, 0.2) is 69.8 Å². The second-order valence-corrected chi connectivity index (χ2v) is 6.52. The highest BCUT2D eigenvalue weighted by molar-refractivity contribution is 9.10. The summed E-state index contributed by atoms with van der Waals surface area (Å²) in [5, 5.41) is 0. The van der Waals surface area contributed by atoms with Crippen molar-refractivity contribution in [2.24, 2.45) is 0 Å². The highest BCUT2D eigenvalue weighted by Gasteiger charge is 2.13. The van der Waals surface area contributed by atoms with Gasteiger partial charge in [-0.25, -0.2) is 4.79 Å². The van der Waals surface area contributed by atoms with Crippen molar-refractivity contribution in [2.75, 3.05) is 6.61 Å². The lowest BCUT2D eigenvalue weighted by Gasteiger charge is -2.04. The van der Waals surface area contributed by atoms with Crippen LogP contribution in [0, 0.1) is 0 Å². The van der Waals surface area contributed by atoms with Crippen molar-refractivity contribution < 1.29 is 18.7 Å². The number of halogens is 1. The number of benzene rings is 1. The molecule has 0 atom stereocenters. The number of carbonyl (C=O) groups excluding carboxylic acids is 1. The molecule has 0 radical (unpaired) electrons. The van der Waals surface area contributed by atoms with E-state index >= 15 is 0 Å². The van der Waals surface area contributed by atoms with Crippen LogP contribution < -0.4 is 4.74 Å². The number of esters is 1. The average molecular weight is 416 g/mol. The molecule has 0 amide bonds. The summed E-state index contributed by atoms with van der Waals surface area (Å²) in [5.74, 6) is 1.01. The molecule has 3 aromatic rings. The number of furan rings is 1. The van der Waals surface area contributed by atoms with Gasteiger partial charge in [0.1, 0.15) is 18.1 Å². The zero-order valence-corrected chi connectivity index (χ0v) is 15.6. The molecule has 0 aliphatic carbocycles. The quantitative estimate of drug-likeness (QED) is 0.390. The predicted molar refractivity (Wildman–Crippen MR) is 100 cm³/mol.